The Morgan fingerprint density at radius 1 is 1.44 bits per heavy atom. The fraction of sp³-hybridized carbons (Fsp3) is 0.312. The molecular weight excluding hydrogens is 388 g/mol. The van der Waals surface area contributed by atoms with Gasteiger partial charge in [0.05, 0.1) is 10.1 Å². The lowest BCUT2D eigenvalue weighted by Gasteiger charge is -2.12. The number of nitrogens with two attached hydrogens (primary N) is 1. The van der Waals surface area contributed by atoms with Crippen LogP contribution in [0.5, 0.6) is 0 Å². The summed E-state index contributed by atoms with van der Waals surface area (Å²) >= 11 is 2.77. The number of anilines is 1. The Morgan fingerprint density at radius 2 is 2.26 bits per heavy atom. The molecule has 0 saturated heterocycles. The van der Waals surface area contributed by atoms with E-state index in [9.17, 15) is 9.59 Å². The fourth-order valence-corrected chi connectivity index (χ4v) is 3.84. The van der Waals surface area contributed by atoms with E-state index < -0.39 is 11.2 Å². The van der Waals surface area contributed by atoms with Crippen LogP contribution in [-0.4, -0.2) is 37.0 Å². The molecule has 0 aromatic carbocycles. The molecule has 3 aromatic heterocycles. The van der Waals surface area contributed by atoms with E-state index in [2.05, 4.69) is 20.7 Å². The van der Waals surface area contributed by atoms with E-state index >= 15 is 0 Å². The molecule has 9 nitrogen and oxygen atoms in total. The van der Waals surface area contributed by atoms with Gasteiger partial charge in [-0.05, 0) is 25.3 Å². The zero-order valence-corrected chi connectivity index (χ0v) is 16.3. The number of rotatable bonds is 8. The first-order chi connectivity index (χ1) is 12.9. The number of hydrogen-bond acceptors (Lipinski definition) is 8. The first-order valence-corrected chi connectivity index (χ1v) is 9.86. The molecule has 0 saturated carbocycles. The Morgan fingerprint density at radius 3 is 2.89 bits per heavy atom. The van der Waals surface area contributed by atoms with Crippen molar-refractivity contribution in [3.05, 3.63) is 29.3 Å². The second-order valence-corrected chi connectivity index (χ2v) is 7.98. The van der Waals surface area contributed by atoms with Crippen LogP contribution in [0.25, 0.3) is 10.7 Å². The van der Waals surface area contributed by atoms with Crippen molar-refractivity contribution in [1.82, 2.24) is 19.9 Å². The maximum Gasteiger partial charge on any atom is 0.238 e. The molecule has 0 aliphatic rings. The number of carbonyl (C=O) groups is 2. The van der Waals surface area contributed by atoms with Crippen LogP contribution in [0.15, 0.2) is 33.3 Å². The van der Waals surface area contributed by atoms with Gasteiger partial charge in [0, 0.05) is 19.0 Å². The van der Waals surface area contributed by atoms with Gasteiger partial charge in [0.15, 0.2) is 16.8 Å². The van der Waals surface area contributed by atoms with Gasteiger partial charge in [-0.15, -0.1) is 21.5 Å². The van der Waals surface area contributed by atoms with Gasteiger partial charge in [0.2, 0.25) is 11.8 Å². The lowest BCUT2D eigenvalue weighted by atomic mass is 10.4. The van der Waals surface area contributed by atoms with Crippen molar-refractivity contribution in [3.8, 4) is 10.7 Å². The second-order valence-electron chi connectivity index (χ2n) is 5.72. The highest BCUT2D eigenvalue weighted by Crippen LogP contribution is 2.29. The molecule has 0 aliphatic carbocycles. The molecule has 1 atom stereocenters. The Bertz CT molecular complexity index is 934. The largest absolute Gasteiger partial charge is 0.370 e. The van der Waals surface area contributed by atoms with Gasteiger partial charge in [-0.2, -0.15) is 0 Å². The van der Waals surface area contributed by atoms with Crippen molar-refractivity contribution >= 4 is 40.7 Å². The predicted octanol–water partition coefficient (Wildman–Crippen LogP) is 2.30. The summed E-state index contributed by atoms with van der Waals surface area (Å²) in [5.74, 6) is 0.963. The number of hydrogen-bond donors (Lipinski definition) is 2. The van der Waals surface area contributed by atoms with Crippen molar-refractivity contribution in [2.45, 2.75) is 37.2 Å². The number of amides is 2. The molecule has 0 spiro atoms. The van der Waals surface area contributed by atoms with Crippen LogP contribution in [-0.2, 0) is 16.1 Å². The minimum atomic E-state index is -0.463. The third-order valence-electron chi connectivity index (χ3n) is 3.57. The van der Waals surface area contributed by atoms with E-state index in [4.69, 9.17) is 10.3 Å². The number of nitrogens with one attached hydrogen (secondary N) is 1. The molecule has 3 N–H and O–H groups in total. The Labute approximate surface area is 163 Å². The van der Waals surface area contributed by atoms with Crippen molar-refractivity contribution in [2.75, 3.05) is 5.32 Å². The number of primary amides is 1. The highest BCUT2D eigenvalue weighted by Gasteiger charge is 2.22. The molecule has 3 heterocycles. The molecule has 3 rings (SSSR count). The summed E-state index contributed by atoms with van der Waals surface area (Å²) < 4.78 is 6.75. The number of aryl methyl sites for hydroxylation is 1. The zero-order valence-electron chi connectivity index (χ0n) is 14.7. The van der Waals surface area contributed by atoms with Crippen molar-refractivity contribution in [1.29, 1.82) is 0 Å². The lowest BCUT2D eigenvalue weighted by Crippen LogP contribution is -2.23. The minimum Gasteiger partial charge on any atom is -0.370 e. The van der Waals surface area contributed by atoms with E-state index in [1.165, 1.54) is 23.1 Å². The Balaban J connectivity index is 1.76. The van der Waals surface area contributed by atoms with E-state index in [0.29, 0.717) is 29.1 Å². The third kappa shape index (κ3) is 4.74. The van der Waals surface area contributed by atoms with Crippen LogP contribution in [0.1, 0.15) is 19.1 Å². The SMILES string of the molecule is Cc1cc(NC(=O)C(C)Sc2nnc(-c3cccs3)n2CCC(N)=O)no1. The second kappa shape index (κ2) is 8.35. The highest BCUT2D eigenvalue weighted by molar-refractivity contribution is 8.00. The fourth-order valence-electron chi connectivity index (χ4n) is 2.25. The van der Waals surface area contributed by atoms with Crippen LogP contribution in [0.3, 0.4) is 0 Å². The standard InChI is InChI=1S/C16H18N6O3S2/c1-9-8-13(21-25-9)18-15(24)10(2)27-16-20-19-14(11-4-3-7-26-11)22(16)6-5-12(17)23/h3-4,7-8,10H,5-6H2,1-2H3,(H2,17,23)(H,18,21,24). The maximum atomic E-state index is 12.4. The van der Waals surface area contributed by atoms with Gasteiger partial charge >= 0.3 is 0 Å². The normalized spacial score (nSPS) is 12.1. The van der Waals surface area contributed by atoms with Gasteiger partial charge in [-0.1, -0.05) is 23.0 Å². The lowest BCUT2D eigenvalue weighted by molar-refractivity contribution is -0.118. The van der Waals surface area contributed by atoms with Gasteiger partial charge in [-0.25, -0.2) is 0 Å². The molecule has 11 heteroatoms. The zero-order chi connectivity index (χ0) is 19.4. The first-order valence-electron chi connectivity index (χ1n) is 8.10. The summed E-state index contributed by atoms with van der Waals surface area (Å²) in [4.78, 5) is 24.5. The summed E-state index contributed by atoms with van der Waals surface area (Å²) in [6.07, 6.45) is 0.156. The molecule has 27 heavy (non-hydrogen) atoms. The third-order valence-corrected chi connectivity index (χ3v) is 5.52. The van der Waals surface area contributed by atoms with Crippen LogP contribution >= 0.6 is 23.1 Å². The average molecular weight is 406 g/mol. The molecule has 2 amide bonds. The monoisotopic (exact) mass is 406 g/mol. The topological polar surface area (TPSA) is 129 Å². The smallest absolute Gasteiger partial charge is 0.238 e. The van der Waals surface area contributed by atoms with E-state index in [0.717, 1.165) is 4.88 Å². The van der Waals surface area contributed by atoms with Crippen LogP contribution in [0, 0.1) is 6.92 Å². The van der Waals surface area contributed by atoms with Crippen molar-refractivity contribution in [3.63, 3.8) is 0 Å². The van der Waals surface area contributed by atoms with Crippen molar-refractivity contribution in [2.24, 2.45) is 5.73 Å². The van der Waals surface area contributed by atoms with Crippen LogP contribution in [0.2, 0.25) is 0 Å². The summed E-state index contributed by atoms with van der Waals surface area (Å²) in [5.41, 5.74) is 5.29. The summed E-state index contributed by atoms with van der Waals surface area (Å²) in [7, 11) is 0. The average Bonchev–Trinajstić information content (AvgIpc) is 3.34. The minimum absolute atomic E-state index is 0.156. The van der Waals surface area contributed by atoms with Gasteiger partial charge in [-0.3, -0.25) is 9.59 Å². The summed E-state index contributed by atoms with van der Waals surface area (Å²) in [5, 5.41) is 16.9. The van der Waals surface area contributed by atoms with Crippen LogP contribution in [0.4, 0.5) is 5.82 Å². The van der Waals surface area contributed by atoms with Gasteiger partial charge < -0.3 is 20.1 Å². The van der Waals surface area contributed by atoms with E-state index in [-0.39, 0.29) is 12.3 Å². The molecule has 3 aromatic rings. The van der Waals surface area contributed by atoms with E-state index in [1.807, 2.05) is 22.1 Å². The van der Waals surface area contributed by atoms with E-state index in [1.54, 1.807) is 19.9 Å². The molecule has 0 bridgehead atoms. The molecule has 0 aliphatic heterocycles. The Hall–Kier alpha value is -2.66. The summed E-state index contributed by atoms with van der Waals surface area (Å²) in [6.45, 7) is 3.84. The van der Waals surface area contributed by atoms with Gasteiger partial charge in [0.25, 0.3) is 0 Å². The summed E-state index contributed by atoms with van der Waals surface area (Å²) in [6, 6.07) is 5.47. The molecular formula is C16H18N6O3S2. The van der Waals surface area contributed by atoms with Gasteiger partial charge in [0.1, 0.15) is 5.76 Å². The number of nitrogens with zero attached hydrogens (tertiary/aromatic N) is 4. The molecule has 1 unspecified atom stereocenters. The maximum absolute atomic E-state index is 12.4. The van der Waals surface area contributed by atoms with Crippen LogP contribution < -0.4 is 11.1 Å². The van der Waals surface area contributed by atoms with Crippen molar-refractivity contribution < 1.29 is 14.1 Å². The quantitative estimate of drug-likeness (QED) is 0.549. The molecule has 142 valence electrons. The number of thiophene rings is 1. The Kier molecular flexibility index (Phi) is 5.91. The predicted molar refractivity (Wildman–Crippen MR) is 102 cm³/mol. The number of thioether (sulfide) groups is 1. The molecule has 0 radical (unpaired) electrons. The highest BCUT2D eigenvalue weighted by atomic mass is 32.2. The number of aromatic nitrogens is 4. The number of carbonyl (C=O) groups excluding carboxylic acids is 2. The first kappa shape index (κ1) is 19.1. The molecule has 0 fully saturated rings.